The van der Waals surface area contributed by atoms with E-state index in [2.05, 4.69) is 5.32 Å². The highest BCUT2D eigenvalue weighted by Gasteiger charge is 2.38. The summed E-state index contributed by atoms with van der Waals surface area (Å²) < 4.78 is 73.9. The molecule has 1 atom stereocenters. The molecular formula is C11H12F6N4. The number of alkyl halides is 6. The number of rotatable bonds is 4. The molecule has 0 radical (unpaired) electrons. The molecule has 21 heavy (non-hydrogen) atoms. The Labute approximate surface area is 115 Å². The van der Waals surface area contributed by atoms with Gasteiger partial charge in [-0.1, -0.05) is 6.08 Å². The fourth-order valence-corrected chi connectivity index (χ4v) is 1.36. The van der Waals surface area contributed by atoms with Crippen molar-refractivity contribution in [3.05, 3.63) is 35.8 Å². The topological polar surface area (TPSA) is 73.9 Å². The van der Waals surface area contributed by atoms with E-state index in [0.717, 1.165) is 24.6 Å². The van der Waals surface area contributed by atoms with Crippen molar-refractivity contribution < 1.29 is 26.3 Å². The third-order valence-electron chi connectivity index (χ3n) is 2.48. The van der Waals surface area contributed by atoms with Crippen molar-refractivity contribution in [2.45, 2.75) is 18.4 Å². The van der Waals surface area contributed by atoms with Crippen molar-refractivity contribution in [3.8, 4) is 0 Å². The molecule has 0 saturated carbocycles. The Hall–Kier alpha value is -1.97. The minimum atomic E-state index is -4.84. The minimum Gasteiger partial charge on any atom is -0.375 e. The van der Waals surface area contributed by atoms with Crippen LogP contribution >= 0.6 is 0 Å². The van der Waals surface area contributed by atoms with E-state index in [1.54, 1.807) is 0 Å². The molecule has 118 valence electrons. The summed E-state index contributed by atoms with van der Waals surface area (Å²) in [5.74, 6) is 0. The third-order valence-corrected chi connectivity index (χ3v) is 2.48. The predicted octanol–water partition coefficient (Wildman–Crippen LogP) is 1.93. The van der Waals surface area contributed by atoms with Crippen LogP contribution in [0, 0.1) is 5.41 Å². The van der Waals surface area contributed by atoms with Crippen LogP contribution in [0.5, 0.6) is 0 Å². The lowest BCUT2D eigenvalue weighted by Gasteiger charge is -2.21. The predicted molar refractivity (Wildman–Crippen MR) is 64.3 cm³/mol. The quantitative estimate of drug-likeness (QED) is 0.473. The SMILES string of the molecule is N=C(/C(=C\NC1=CNC(C(F)(F)F)C=C1)CN)C(F)(F)F. The molecule has 0 bridgehead atoms. The third kappa shape index (κ3) is 4.81. The number of allylic oxidation sites excluding steroid dienone is 1. The molecule has 1 heterocycles. The Kier molecular flexibility index (Phi) is 5.05. The van der Waals surface area contributed by atoms with Crippen LogP contribution < -0.4 is 16.4 Å². The lowest BCUT2D eigenvalue weighted by atomic mass is 10.1. The molecule has 0 aromatic carbocycles. The second-order valence-electron chi connectivity index (χ2n) is 4.04. The first-order chi connectivity index (χ1) is 9.55. The molecule has 0 spiro atoms. The maximum absolute atomic E-state index is 12.3. The average Bonchev–Trinajstić information content (AvgIpc) is 2.37. The Bertz CT molecular complexity index is 486. The van der Waals surface area contributed by atoms with Gasteiger partial charge in [0.25, 0.3) is 0 Å². The Morgan fingerprint density at radius 3 is 2.33 bits per heavy atom. The summed E-state index contributed by atoms with van der Waals surface area (Å²) in [5, 5.41) is 11.3. The van der Waals surface area contributed by atoms with E-state index in [0.29, 0.717) is 0 Å². The molecule has 0 aliphatic carbocycles. The molecule has 1 aliphatic rings. The van der Waals surface area contributed by atoms with Crippen LogP contribution in [-0.4, -0.2) is 30.7 Å². The molecule has 1 aliphatic heterocycles. The van der Waals surface area contributed by atoms with Crippen LogP contribution in [0.25, 0.3) is 0 Å². The zero-order chi connectivity index (χ0) is 16.3. The summed E-state index contributed by atoms with van der Waals surface area (Å²) in [5.41, 5.74) is 3.09. The fraction of sp³-hybridized carbons (Fsp3) is 0.364. The number of dihydropyridines is 1. The number of halogens is 6. The van der Waals surface area contributed by atoms with Crippen molar-refractivity contribution in [1.29, 1.82) is 5.41 Å². The maximum Gasteiger partial charge on any atom is 0.433 e. The van der Waals surface area contributed by atoms with E-state index in [4.69, 9.17) is 11.1 Å². The van der Waals surface area contributed by atoms with Gasteiger partial charge in [-0.25, -0.2) is 0 Å². The van der Waals surface area contributed by atoms with Gasteiger partial charge in [-0.15, -0.1) is 0 Å². The van der Waals surface area contributed by atoms with Gasteiger partial charge in [0.1, 0.15) is 11.8 Å². The van der Waals surface area contributed by atoms with Crippen LogP contribution in [0.3, 0.4) is 0 Å². The number of nitrogens with two attached hydrogens (primary N) is 1. The molecule has 0 fully saturated rings. The van der Waals surface area contributed by atoms with Crippen LogP contribution in [0.1, 0.15) is 0 Å². The average molecular weight is 314 g/mol. The van der Waals surface area contributed by atoms with E-state index in [9.17, 15) is 26.3 Å². The van der Waals surface area contributed by atoms with E-state index >= 15 is 0 Å². The molecule has 1 unspecified atom stereocenters. The van der Waals surface area contributed by atoms with Crippen LogP contribution in [0.15, 0.2) is 35.8 Å². The van der Waals surface area contributed by atoms with Gasteiger partial charge in [0.15, 0.2) is 0 Å². The van der Waals surface area contributed by atoms with Gasteiger partial charge in [-0.3, -0.25) is 5.41 Å². The molecule has 0 aromatic heterocycles. The summed E-state index contributed by atoms with van der Waals surface area (Å²) in [6.07, 6.45) is -5.62. The van der Waals surface area contributed by atoms with Crippen molar-refractivity contribution in [2.75, 3.05) is 6.54 Å². The molecule has 0 saturated heterocycles. The molecule has 10 heteroatoms. The van der Waals surface area contributed by atoms with Gasteiger partial charge in [0, 0.05) is 24.5 Å². The van der Waals surface area contributed by atoms with E-state index in [1.165, 1.54) is 0 Å². The van der Waals surface area contributed by atoms with Gasteiger partial charge in [0.05, 0.1) is 5.70 Å². The second kappa shape index (κ2) is 6.20. The monoisotopic (exact) mass is 314 g/mol. The van der Waals surface area contributed by atoms with Gasteiger partial charge >= 0.3 is 12.4 Å². The van der Waals surface area contributed by atoms with Crippen molar-refractivity contribution >= 4 is 5.71 Å². The summed E-state index contributed by atoms with van der Waals surface area (Å²) in [7, 11) is 0. The molecule has 0 amide bonds. The van der Waals surface area contributed by atoms with Crippen molar-refractivity contribution in [2.24, 2.45) is 5.73 Å². The van der Waals surface area contributed by atoms with Crippen LogP contribution in [0.4, 0.5) is 26.3 Å². The lowest BCUT2D eigenvalue weighted by molar-refractivity contribution is -0.142. The number of hydrogen-bond acceptors (Lipinski definition) is 4. The molecule has 5 N–H and O–H groups in total. The zero-order valence-corrected chi connectivity index (χ0v) is 10.4. The van der Waals surface area contributed by atoms with Gasteiger partial charge < -0.3 is 16.4 Å². The fourth-order valence-electron chi connectivity index (χ4n) is 1.36. The van der Waals surface area contributed by atoms with E-state index < -0.39 is 36.2 Å². The standard InChI is InChI=1S/C11H12F6N4/c12-10(13,14)8-2-1-7(5-21-8)20-4-6(3-18)9(19)11(15,16)17/h1-2,4-5,8,19-21H,3,18H2/b6-4-,19-9?. The highest BCUT2D eigenvalue weighted by Crippen LogP contribution is 2.23. The largest absolute Gasteiger partial charge is 0.433 e. The van der Waals surface area contributed by atoms with Crippen molar-refractivity contribution in [1.82, 2.24) is 10.6 Å². The summed E-state index contributed by atoms with van der Waals surface area (Å²) in [6.45, 7) is -0.541. The molecule has 0 aromatic rings. The molecule has 4 nitrogen and oxygen atoms in total. The van der Waals surface area contributed by atoms with Crippen LogP contribution in [-0.2, 0) is 0 Å². The highest BCUT2D eigenvalue weighted by atomic mass is 19.4. The number of hydrogen-bond donors (Lipinski definition) is 4. The zero-order valence-electron chi connectivity index (χ0n) is 10.4. The Morgan fingerprint density at radius 2 is 1.95 bits per heavy atom. The first kappa shape index (κ1) is 17.1. The maximum atomic E-state index is 12.3. The number of nitrogens with one attached hydrogen (secondary N) is 3. The van der Waals surface area contributed by atoms with Gasteiger partial charge in [-0.05, 0) is 6.08 Å². The summed E-state index contributed by atoms with van der Waals surface area (Å²) >= 11 is 0. The second-order valence-corrected chi connectivity index (χ2v) is 4.04. The Morgan fingerprint density at radius 1 is 1.33 bits per heavy atom. The molecular weight excluding hydrogens is 302 g/mol. The summed E-state index contributed by atoms with van der Waals surface area (Å²) in [4.78, 5) is 0. The Balaban J connectivity index is 2.71. The normalized spacial score (nSPS) is 19.9. The van der Waals surface area contributed by atoms with Crippen LogP contribution in [0.2, 0.25) is 0 Å². The first-order valence-corrected chi connectivity index (χ1v) is 5.58. The van der Waals surface area contributed by atoms with Crippen molar-refractivity contribution in [3.63, 3.8) is 0 Å². The summed E-state index contributed by atoms with van der Waals surface area (Å²) in [6, 6.07) is -1.85. The highest BCUT2D eigenvalue weighted by molar-refractivity contribution is 6.02. The van der Waals surface area contributed by atoms with Gasteiger partial charge in [0.2, 0.25) is 0 Å². The lowest BCUT2D eigenvalue weighted by Crippen LogP contribution is -2.40. The minimum absolute atomic E-state index is 0.108. The molecule has 1 rings (SSSR count). The first-order valence-electron chi connectivity index (χ1n) is 5.58. The van der Waals surface area contributed by atoms with Gasteiger partial charge in [-0.2, -0.15) is 26.3 Å². The smallest absolute Gasteiger partial charge is 0.375 e. The van der Waals surface area contributed by atoms with E-state index in [1.807, 2.05) is 5.32 Å². The van der Waals surface area contributed by atoms with E-state index in [-0.39, 0.29) is 5.70 Å².